The second-order valence-electron chi connectivity index (χ2n) is 7.94. The van der Waals surface area contributed by atoms with E-state index in [1.807, 2.05) is 61.5 Å². The van der Waals surface area contributed by atoms with Crippen molar-refractivity contribution in [3.63, 3.8) is 0 Å². The molecule has 3 unspecified atom stereocenters. The van der Waals surface area contributed by atoms with E-state index in [9.17, 15) is 9.90 Å². The normalized spacial score (nSPS) is 14.5. The first-order valence-corrected chi connectivity index (χ1v) is 10.7. The van der Waals surface area contributed by atoms with Gasteiger partial charge in [-0.15, -0.1) is 0 Å². The molecule has 1 heterocycles. The van der Waals surface area contributed by atoms with Gasteiger partial charge in [-0.1, -0.05) is 67.9 Å². The molecule has 0 saturated heterocycles. The van der Waals surface area contributed by atoms with Gasteiger partial charge in [0.15, 0.2) is 6.23 Å². The predicted molar refractivity (Wildman–Crippen MR) is 122 cm³/mol. The Hall–Kier alpha value is -2.83. The molecule has 3 rings (SSSR count). The summed E-state index contributed by atoms with van der Waals surface area (Å²) in [6.07, 6.45) is 4.17. The number of amides is 1. The van der Waals surface area contributed by atoms with Crippen molar-refractivity contribution in [2.75, 3.05) is 6.54 Å². The van der Waals surface area contributed by atoms with Crippen LogP contribution in [0.25, 0.3) is 11.1 Å². The molecular formula is C24H28ClN3O3. The number of nitrogens with one attached hydrogen (secondary N) is 1. The van der Waals surface area contributed by atoms with Crippen LogP contribution in [0, 0.1) is 11.3 Å². The molecule has 1 aromatic heterocycles. The van der Waals surface area contributed by atoms with Gasteiger partial charge in [0.25, 0.3) is 0 Å². The lowest BCUT2D eigenvalue weighted by Crippen LogP contribution is -2.49. The van der Waals surface area contributed by atoms with Crippen LogP contribution in [-0.4, -0.2) is 32.7 Å². The molecule has 0 aliphatic heterocycles. The third-order valence-corrected chi connectivity index (χ3v) is 5.93. The number of benzene rings is 2. The molecule has 0 saturated carbocycles. The van der Waals surface area contributed by atoms with Crippen molar-refractivity contribution in [3.8, 4) is 16.9 Å². The number of ether oxygens (including phenoxy) is 1. The molecule has 3 atom stereocenters. The Morgan fingerprint density at radius 1 is 1.16 bits per heavy atom. The van der Waals surface area contributed by atoms with Crippen LogP contribution in [0.5, 0.6) is 5.75 Å². The van der Waals surface area contributed by atoms with E-state index in [1.54, 1.807) is 37.1 Å². The minimum atomic E-state index is -1.25. The summed E-state index contributed by atoms with van der Waals surface area (Å²) < 4.78 is 8.02. The summed E-state index contributed by atoms with van der Waals surface area (Å²) in [5.41, 5.74) is -0.0781. The monoisotopic (exact) mass is 441 g/mol. The summed E-state index contributed by atoms with van der Waals surface area (Å²) in [5, 5.41) is 13.1. The van der Waals surface area contributed by atoms with Gasteiger partial charge < -0.3 is 19.7 Å². The molecule has 0 aliphatic rings. The summed E-state index contributed by atoms with van der Waals surface area (Å²) in [5.74, 6) is -0.456. The fourth-order valence-corrected chi connectivity index (χ4v) is 3.62. The highest BCUT2D eigenvalue weighted by atomic mass is 35.5. The molecular weight excluding hydrogens is 414 g/mol. The van der Waals surface area contributed by atoms with Crippen LogP contribution in [0.4, 0.5) is 0 Å². The number of carbonyl (C=O) groups is 1. The molecule has 2 aromatic carbocycles. The van der Waals surface area contributed by atoms with Crippen LogP contribution in [0.15, 0.2) is 73.3 Å². The molecule has 0 fully saturated rings. The minimum Gasteiger partial charge on any atom is -0.469 e. The van der Waals surface area contributed by atoms with Gasteiger partial charge in [-0.05, 0) is 30.2 Å². The third kappa shape index (κ3) is 5.27. The van der Waals surface area contributed by atoms with Crippen LogP contribution in [0.2, 0.25) is 0 Å². The average molecular weight is 442 g/mol. The Morgan fingerprint density at radius 2 is 1.81 bits per heavy atom. The number of aliphatic hydroxyl groups excluding tert-OH is 1. The van der Waals surface area contributed by atoms with Gasteiger partial charge >= 0.3 is 0 Å². The molecule has 2 N–H and O–H groups in total. The van der Waals surface area contributed by atoms with Gasteiger partial charge in [0.05, 0.1) is 6.33 Å². The van der Waals surface area contributed by atoms with Crippen LogP contribution in [0.3, 0.4) is 0 Å². The summed E-state index contributed by atoms with van der Waals surface area (Å²) in [7, 11) is 0. The van der Waals surface area contributed by atoms with Gasteiger partial charge in [-0.2, -0.15) is 0 Å². The summed E-state index contributed by atoms with van der Waals surface area (Å²) in [6, 6.07) is 17.7. The van der Waals surface area contributed by atoms with Gasteiger partial charge in [-0.3, -0.25) is 4.79 Å². The van der Waals surface area contributed by atoms with Crippen molar-refractivity contribution in [1.82, 2.24) is 14.9 Å². The van der Waals surface area contributed by atoms with Crippen molar-refractivity contribution < 1.29 is 14.6 Å². The molecule has 164 valence electrons. The van der Waals surface area contributed by atoms with Crippen molar-refractivity contribution in [3.05, 3.63) is 73.3 Å². The fourth-order valence-electron chi connectivity index (χ4n) is 3.48. The van der Waals surface area contributed by atoms with E-state index in [0.717, 1.165) is 11.1 Å². The molecule has 0 radical (unpaired) electrons. The van der Waals surface area contributed by atoms with Gasteiger partial charge in [-0.25, -0.2) is 4.98 Å². The summed E-state index contributed by atoms with van der Waals surface area (Å²) in [4.78, 5) is 17.2. The zero-order chi connectivity index (χ0) is 22.4. The SMILES string of the molecule is CCNC(=O)C(C(Oc1ccc(-c2ccccc2)cc1)n1ccnc1)C(C)(C)C(O)Cl. The lowest BCUT2D eigenvalue weighted by atomic mass is 9.77. The molecule has 31 heavy (non-hydrogen) atoms. The molecule has 0 spiro atoms. The van der Waals surface area contributed by atoms with E-state index in [-0.39, 0.29) is 5.91 Å². The number of carbonyl (C=O) groups excluding carboxylic acids is 1. The predicted octanol–water partition coefficient (Wildman–Crippen LogP) is 4.46. The lowest BCUT2D eigenvalue weighted by molar-refractivity contribution is -0.139. The largest absolute Gasteiger partial charge is 0.469 e. The zero-order valence-corrected chi connectivity index (χ0v) is 18.7. The second-order valence-corrected chi connectivity index (χ2v) is 8.35. The Morgan fingerprint density at radius 3 is 2.35 bits per heavy atom. The van der Waals surface area contributed by atoms with Crippen molar-refractivity contribution >= 4 is 17.5 Å². The van der Waals surface area contributed by atoms with Crippen LogP contribution in [-0.2, 0) is 4.79 Å². The quantitative estimate of drug-likeness (QED) is 0.480. The average Bonchev–Trinajstić information content (AvgIpc) is 3.29. The summed E-state index contributed by atoms with van der Waals surface area (Å²) in [6.45, 7) is 5.79. The van der Waals surface area contributed by atoms with Gasteiger partial charge in [0.2, 0.25) is 5.91 Å². The molecule has 3 aromatic rings. The number of alkyl halides is 1. The Balaban J connectivity index is 1.96. The number of imidazole rings is 1. The zero-order valence-electron chi connectivity index (χ0n) is 17.9. The molecule has 1 amide bonds. The third-order valence-electron chi connectivity index (χ3n) is 5.37. The Kier molecular flexibility index (Phi) is 7.36. The van der Waals surface area contributed by atoms with E-state index in [4.69, 9.17) is 16.3 Å². The summed E-state index contributed by atoms with van der Waals surface area (Å²) >= 11 is 6.10. The fraction of sp³-hybridized carbons (Fsp3) is 0.333. The highest BCUT2D eigenvalue weighted by Crippen LogP contribution is 2.41. The number of aromatic nitrogens is 2. The first kappa shape index (κ1) is 22.8. The number of hydrogen-bond donors (Lipinski definition) is 2. The first-order valence-electron chi connectivity index (χ1n) is 10.2. The number of nitrogens with zero attached hydrogens (tertiary/aromatic N) is 2. The maximum Gasteiger partial charge on any atom is 0.229 e. The van der Waals surface area contributed by atoms with E-state index >= 15 is 0 Å². The van der Waals surface area contributed by atoms with Gasteiger partial charge in [0, 0.05) is 24.4 Å². The van der Waals surface area contributed by atoms with E-state index in [1.165, 1.54) is 0 Å². The van der Waals surface area contributed by atoms with Crippen LogP contribution < -0.4 is 10.1 Å². The Labute approximate surface area is 187 Å². The van der Waals surface area contributed by atoms with Crippen molar-refractivity contribution in [1.29, 1.82) is 0 Å². The molecule has 6 nitrogen and oxygen atoms in total. The second kappa shape index (κ2) is 9.98. The van der Waals surface area contributed by atoms with E-state index in [2.05, 4.69) is 10.3 Å². The lowest BCUT2D eigenvalue weighted by Gasteiger charge is -2.39. The van der Waals surface area contributed by atoms with Crippen LogP contribution >= 0.6 is 11.6 Å². The standard InChI is InChI=1S/C24H28ClN3O3/c1-4-27-21(29)20(24(2,3)23(25)30)22(28-15-14-26-16-28)31-19-12-10-18(11-13-19)17-8-6-5-7-9-17/h5-16,20,22-23,30H,4H2,1-3H3,(H,27,29). The van der Waals surface area contributed by atoms with Crippen molar-refractivity contribution in [2.24, 2.45) is 11.3 Å². The Bertz CT molecular complexity index is 958. The number of aliphatic hydroxyl groups is 1. The van der Waals surface area contributed by atoms with E-state index in [0.29, 0.717) is 12.3 Å². The highest BCUT2D eigenvalue weighted by molar-refractivity contribution is 6.20. The number of rotatable bonds is 9. The number of halogens is 1. The topological polar surface area (TPSA) is 76.4 Å². The van der Waals surface area contributed by atoms with E-state index < -0.39 is 23.1 Å². The molecule has 0 bridgehead atoms. The number of hydrogen-bond acceptors (Lipinski definition) is 4. The maximum absolute atomic E-state index is 13.1. The highest BCUT2D eigenvalue weighted by Gasteiger charge is 2.47. The molecule has 7 heteroatoms. The minimum absolute atomic E-state index is 0.258. The smallest absolute Gasteiger partial charge is 0.229 e. The maximum atomic E-state index is 13.1. The van der Waals surface area contributed by atoms with Gasteiger partial charge in [0.1, 0.15) is 17.2 Å². The van der Waals surface area contributed by atoms with Crippen molar-refractivity contribution in [2.45, 2.75) is 32.6 Å². The molecule has 0 aliphatic carbocycles. The first-order chi connectivity index (χ1) is 14.8. The van der Waals surface area contributed by atoms with Crippen LogP contribution in [0.1, 0.15) is 27.0 Å².